The van der Waals surface area contributed by atoms with Gasteiger partial charge in [-0.25, -0.2) is 4.79 Å². The van der Waals surface area contributed by atoms with Crippen molar-refractivity contribution < 1.29 is 14.3 Å². The van der Waals surface area contributed by atoms with E-state index in [1.807, 2.05) is 30.5 Å². The topological polar surface area (TPSA) is 96.1 Å². The summed E-state index contributed by atoms with van der Waals surface area (Å²) in [5.41, 5.74) is 2.75. The molecular weight excluding hydrogens is 320 g/mol. The van der Waals surface area contributed by atoms with Crippen LogP contribution in [0.2, 0.25) is 0 Å². The van der Waals surface area contributed by atoms with E-state index >= 15 is 0 Å². The van der Waals surface area contributed by atoms with Gasteiger partial charge in [-0.1, -0.05) is 0 Å². The Bertz CT molecular complexity index is 904. The van der Waals surface area contributed by atoms with Crippen molar-refractivity contribution in [1.29, 1.82) is 0 Å². The Hall–Kier alpha value is -3.35. The fourth-order valence-corrected chi connectivity index (χ4v) is 2.40. The Morgan fingerprint density at radius 3 is 2.92 bits per heavy atom. The number of H-pyrrole nitrogens is 1. The van der Waals surface area contributed by atoms with Crippen molar-refractivity contribution in [2.75, 3.05) is 11.9 Å². The predicted octanol–water partition coefficient (Wildman–Crippen LogP) is 3.06. The molecule has 0 atom stereocenters. The minimum Gasteiger partial charge on any atom is -0.450 e. The fourth-order valence-electron chi connectivity index (χ4n) is 2.40. The molecule has 0 radical (unpaired) electrons. The van der Waals surface area contributed by atoms with Crippen molar-refractivity contribution in [3.63, 3.8) is 0 Å². The molecule has 3 N–H and O–H groups in total. The second kappa shape index (κ2) is 7.48. The SMILES string of the molecule is CCOC(=O)NCc1cc(C(=O)Nc2ccc3[nH]ccc3c2)ccn1. The second-order valence-corrected chi connectivity index (χ2v) is 5.34. The van der Waals surface area contributed by atoms with Gasteiger partial charge in [0.2, 0.25) is 0 Å². The quantitative estimate of drug-likeness (QED) is 0.666. The third-order valence-corrected chi connectivity index (χ3v) is 3.58. The Morgan fingerprint density at radius 1 is 1.20 bits per heavy atom. The molecule has 0 aliphatic rings. The summed E-state index contributed by atoms with van der Waals surface area (Å²) in [4.78, 5) is 31.0. The number of pyridine rings is 1. The standard InChI is InChI=1S/C18H18N4O3/c1-2-25-18(24)21-11-15-10-13(6-7-19-15)17(23)22-14-3-4-16-12(9-14)5-8-20-16/h3-10,20H,2,11H2,1H3,(H,21,24)(H,22,23). The molecule has 0 spiro atoms. The minimum atomic E-state index is -0.515. The van der Waals surface area contributed by atoms with E-state index in [-0.39, 0.29) is 12.5 Å². The summed E-state index contributed by atoms with van der Waals surface area (Å²) >= 11 is 0. The number of benzene rings is 1. The van der Waals surface area contributed by atoms with Crippen molar-refractivity contribution >= 4 is 28.6 Å². The second-order valence-electron chi connectivity index (χ2n) is 5.34. The fraction of sp³-hybridized carbons (Fsp3) is 0.167. The number of anilines is 1. The molecule has 7 heteroatoms. The summed E-state index contributed by atoms with van der Waals surface area (Å²) in [6.07, 6.45) is 2.87. The maximum atomic E-state index is 12.4. The largest absolute Gasteiger partial charge is 0.450 e. The van der Waals surface area contributed by atoms with Crippen LogP contribution in [0.4, 0.5) is 10.5 Å². The van der Waals surface area contributed by atoms with Gasteiger partial charge in [0, 0.05) is 34.5 Å². The van der Waals surface area contributed by atoms with Crippen molar-refractivity contribution in [1.82, 2.24) is 15.3 Å². The average molecular weight is 338 g/mol. The van der Waals surface area contributed by atoms with Crippen LogP contribution in [-0.2, 0) is 11.3 Å². The number of carbonyl (C=O) groups excluding carboxylic acids is 2. The minimum absolute atomic E-state index is 0.190. The molecule has 0 saturated carbocycles. The van der Waals surface area contributed by atoms with Crippen LogP contribution in [0.5, 0.6) is 0 Å². The number of amides is 2. The first kappa shape index (κ1) is 16.5. The van der Waals surface area contributed by atoms with Crippen LogP contribution in [0.3, 0.4) is 0 Å². The van der Waals surface area contributed by atoms with Crippen LogP contribution < -0.4 is 10.6 Å². The van der Waals surface area contributed by atoms with Crippen molar-refractivity contribution in [2.24, 2.45) is 0 Å². The third kappa shape index (κ3) is 4.14. The molecule has 0 fully saturated rings. The van der Waals surface area contributed by atoms with Crippen molar-refractivity contribution in [2.45, 2.75) is 13.5 Å². The number of ether oxygens (including phenoxy) is 1. The van der Waals surface area contributed by atoms with Gasteiger partial charge in [0.25, 0.3) is 5.91 Å². The lowest BCUT2D eigenvalue weighted by Gasteiger charge is -2.08. The lowest BCUT2D eigenvalue weighted by Crippen LogP contribution is -2.24. The summed E-state index contributed by atoms with van der Waals surface area (Å²) < 4.78 is 4.79. The first-order valence-electron chi connectivity index (χ1n) is 7.90. The summed E-state index contributed by atoms with van der Waals surface area (Å²) in [6.45, 7) is 2.22. The molecule has 3 rings (SSSR count). The summed E-state index contributed by atoms with van der Waals surface area (Å²) in [5, 5.41) is 6.45. The monoisotopic (exact) mass is 338 g/mol. The molecule has 3 aromatic rings. The van der Waals surface area contributed by atoms with Gasteiger partial charge >= 0.3 is 6.09 Å². The van der Waals surface area contributed by atoms with E-state index in [0.717, 1.165) is 10.9 Å². The molecule has 2 heterocycles. The number of hydrogen-bond donors (Lipinski definition) is 3. The highest BCUT2D eigenvalue weighted by atomic mass is 16.5. The van der Waals surface area contributed by atoms with Gasteiger partial charge in [-0.2, -0.15) is 0 Å². The van der Waals surface area contributed by atoms with Crippen LogP contribution in [0.15, 0.2) is 48.8 Å². The molecular formula is C18H18N4O3. The number of fused-ring (bicyclic) bond motifs is 1. The number of aromatic nitrogens is 2. The molecule has 2 aromatic heterocycles. The Balaban J connectivity index is 1.67. The molecule has 25 heavy (non-hydrogen) atoms. The number of alkyl carbamates (subject to hydrolysis) is 1. The third-order valence-electron chi connectivity index (χ3n) is 3.58. The smallest absolute Gasteiger partial charge is 0.407 e. The highest BCUT2D eigenvalue weighted by molar-refractivity contribution is 6.05. The maximum Gasteiger partial charge on any atom is 0.407 e. The van der Waals surface area contributed by atoms with Crippen LogP contribution in [0, 0.1) is 0 Å². The molecule has 0 aliphatic carbocycles. The molecule has 128 valence electrons. The Morgan fingerprint density at radius 2 is 2.08 bits per heavy atom. The zero-order valence-electron chi connectivity index (χ0n) is 13.7. The lowest BCUT2D eigenvalue weighted by atomic mass is 10.2. The van der Waals surface area contributed by atoms with Gasteiger partial charge in [0.1, 0.15) is 0 Å². The van der Waals surface area contributed by atoms with Crippen LogP contribution in [0.1, 0.15) is 23.0 Å². The predicted molar refractivity (Wildman–Crippen MR) is 94.4 cm³/mol. The van der Waals surface area contributed by atoms with Gasteiger partial charge in [0.05, 0.1) is 18.8 Å². The van der Waals surface area contributed by atoms with E-state index in [1.165, 1.54) is 6.20 Å². The molecule has 0 saturated heterocycles. The molecule has 2 amide bonds. The highest BCUT2D eigenvalue weighted by Gasteiger charge is 2.09. The zero-order valence-corrected chi connectivity index (χ0v) is 13.7. The van der Waals surface area contributed by atoms with E-state index in [1.54, 1.807) is 19.1 Å². The van der Waals surface area contributed by atoms with Crippen LogP contribution in [-0.4, -0.2) is 28.6 Å². The van der Waals surface area contributed by atoms with Crippen LogP contribution in [0.25, 0.3) is 10.9 Å². The molecule has 0 bridgehead atoms. The van der Waals surface area contributed by atoms with Gasteiger partial charge in [-0.3, -0.25) is 9.78 Å². The van der Waals surface area contributed by atoms with Gasteiger partial charge in [-0.15, -0.1) is 0 Å². The van der Waals surface area contributed by atoms with Gasteiger partial charge < -0.3 is 20.4 Å². The first-order valence-corrected chi connectivity index (χ1v) is 7.90. The number of nitrogens with one attached hydrogen (secondary N) is 3. The molecule has 7 nitrogen and oxygen atoms in total. The summed E-state index contributed by atoms with van der Waals surface area (Å²) in [6, 6.07) is 10.8. The molecule has 0 unspecified atom stereocenters. The maximum absolute atomic E-state index is 12.4. The zero-order chi connectivity index (χ0) is 17.6. The normalized spacial score (nSPS) is 10.4. The highest BCUT2D eigenvalue weighted by Crippen LogP contribution is 2.18. The number of hydrogen-bond acceptors (Lipinski definition) is 4. The van der Waals surface area contributed by atoms with E-state index in [4.69, 9.17) is 4.74 Å². The Kier molecular flexibility index (Phi) is 4.94. The van der Waals surface area contributed by atoms with E-state index < -0.39 is 6.09 Å². The molecule has 1 aromatic carbocycles. The first-order chi connectivity index (χ1) is 12.2. The number of rotatable bonds is 5. The Labute approximate surface area is 144 Å². The van der Waals surface area contributed by atoms with E-state index in [0.29, 0.717) is 23.6 Å². The van der Waals surface area contributed by atoms with Gasteiger partial charge in [-0.05, 0) is 43.3 Å². The lowest BCUT2D eigenvalue weighted by molar-refractivity contribution is 0.102. The van der Waals surface area contributed by atoms with Crippen molar-refractivity contribution in [3.05, 3.63) is 60.0 Å². The average Bonchev–Trinajstić information content (AvgIpc) is 3.08. The number of nitrogens with zero attached hydrogens (tertiary/aromatic N) is 1. The number of aromatic amines is 1. The summed E-state index contributed by atoms with van der Waals surface area (Å²) in [7, 11) is 0. The van der Waals surface area contributed by atoms with Crippen molar-refractivity contribution in [3.8, 4) is 0 Å². The van der Waals surface area contributed by atoms with E-state index in [9.17, 15) is 9.59 Å². The number of carbonyl (C=O) groups is 2. The van der Waals surface area contributed by atoms with Gasteiger partial charge in [0.15, 0.2) is 0 Å². The summed E-state index contributed by atoms with van der Waals surface area (Å²) in [5.74, 6) is -0.241. The van der Waals surface area contributed by atoms with Crippen LogP contribution >= 0.6 is 0 Å². The molecule has 0 aliphatic heterocycles. The van der Waals surface area contributed by atoms with E-state index in [2.05, 4.69) is 20.6 Å².